The van der Waals surface area contributed by atoms with Crippen molar-refractivity contribution in [3.63, 3.8) is 0 Å². The Hall–Kier alpha value is -5.44. The van der Waals surface area contributed by atoms with Gasteiger partial charge in [-0.15, -0.1) is 0 Å². The summed E-state index contributed by atoms with van der Waals surface area (Å²) in [7, 11) is -4.08. The lowest BCUT2D eigenvalue weighted by Gasteiger charge is -2.08. The van der Waals surface area contributed by atoms with Crippen molar-refractivity contribution >= 4 is 103 Å². The average molecular weight is 703 g/mol. The van der Waals surface area contributed by atoms with Crippen LogP contribution in [0.25, 0.3) is 87.0 Å². The zero-order valence-electron chi connectivity index (χ0n) is 28.5. The van der Waals surface area contributed by atoms with Crippen molar-refractivity contribution in [1.82, 2.24) is 0 Å². The highest BCUT2D eigenvalue weighted by Gasteiger charge is 2.21. The molecule has 248 valence electrons. The second kappa shape index (κ2) is 11.5. The molecule has 0 fully saturated rings. The molecule has 10 rings (SSSR count). The van der Waals surface area contributed by atoms with Crippen LogP contribution in [-0.2, 0) is 0 Å². The lowest BCUT2D eigenvalue weighted by Crippen LogP contribution is -1.85. The van der Waals surface area contributed by atoms with Gasteiger partial charge in [0.25, 0.3) is 0 Å². The van der Waals surface area contributed by atoms with Gasteiger partial charge >= 0.3 is 16.5 Å². The second-order valence-corrected chi connectivity index (χ2v) is 15.6. The molecule has 5 nitrogen and oxygen atoms in total. The molecule has 2 aromatic heterocycles. The second-order valence-electron chi connectivity index (χ2n) is 13.4. The van der Waals surface area contributed by atoms with E-state index >= 15 is 0 Å². The normalized spacial score (nSPS) is 12.0. The van der Waals surface area contributed by atoms with E-state index in [1.807, 2.05) is 0 Å². The fraction of sp³-hybridized carbons (Fsp3) is 0.0909. The lowest BCUT2D eigenvalue weighted by molar-refractivity contribution is 0.503. The number of rotatable bonds is 2. The fourth-order valence-corrected chi connectivity index (χ4v) is 10.4. The predicted molar refractivity (Wildman–Crippen MR) is 214 cm³/mol. The lowest BCUT2D eigenvalue weighted by atomic mass is 9.95. The Balaban J connectivity index is 1.35. The first-order chi connectivity index (χ1) is 24.9. The van der Waals surface area contributed by atoms with E-state index < -0.39 is 16.5 Å². The number of aryl methyl sites for hydroxylation is 4. The quantitative estimate of drug-likeness (QED) is 0.179. The van der Waals surface area contributed by atoms with E-state index in [-0.39, 0.29) is 0 Å². The molecule has 0 amide bonds. The van der Waals surface area contributed by atoms with Crippen LogP contribution in [0.2, 0.25) is 0 Å². The van der Waals surface area contributed by atoms with E-state index in [1.165, 1.54) is 0 Å². The minimum atomic E-state index is -2.04. The third-order valence-corrected chi connectivity index (χ3v) is 12.4. The van der Waals surface area contributed by atoms with Crippen LogP contribution in [0, 0.1) is 27.7 Å². The van der Waals surface area contributed by atoms with E-state index in [0.29, 0.717) is 0 Å². The van der Waals surface area contributed by atoms with Crippen LogP contribution in [0.15, 0.2) is 138 Å². The molecular weight excluding hydrogens is 670 g/mol. The smallest absolute Gasteiger partial charge is 0.398 e. The van der Waals surface area contributed by atoms with Crippen molar-refractivity contribution in [2.45, 2.75) is 27.7 Å². The fourth-order valence-electron chi connectivity index (χ4n) is 7.80. The molecule has 2 heterocycles. The Morgan fingerprint density at radius 2 is 0.588 bits per heavy atom. The molecule has 10 aromatic rings. The highest BCUT2D eigenvalue weighted by Crippen LogP contribution is 2.48. The molecule has 0 aliphatic rings. The van der Waals surface area contributed by atoms with E-state index in [9.17, 15) is 0 Å². The van der Waals surface area contributed by atoms with Crippen LogP contribution in [0.1, 0.15) is 22.3 Å². The largest absolute Gasteiger partial charge is 0.400 e. The predicted octanol–water partition coefficient (Wildman–Crippen LogP) is 14.6. The molecule has 0 saturated heterocycles. The first kappa shape index (κ1) is 30.4. The van der Waals surface area contributed by atoms with Crippen LogP contribution in [-0.4, -0.2) is 0 Å². The van der Waals surface area contributed by atoms with Crippen molar-refractivity contribution in [2.24, 2.45) is 0 Å². The standard InChI is InChI=1S/C44H32O5P2/c1-25-21-29-13-5-9-17-33(29)37-38-34-18-10-6-14-30(34)22-26(2)42(38)46-50(45-41(25)37)49-51-47-43-27(3)23-31-15-7-11-19-35(31)39(43)40-36-20-12-8-16-32(36)24-28(4)44(40)48-51/h5-24H,1-4H3. The number of hydrogen-bond acceptors (Lipinski definition) is 5. The molecular formula is C44H32O5P2. The summed E-state index contributed by atoms with van der Waals surface area (Å²) in [5.74, 6) is 0. The van der Waals surface area contributed by atoms with E-state index in [1.54, 1.807) is 0 Å². The minimum absolute atomic E-state index is 0.740. The maximum absolute atomic E-state index is 6.88. The summed E-state index contributed by atoms with van der Waals surface area (Å²) in [5, 5.41) is 12.9. The maximum Gasteiger partial charge on any atom is 0.400 e. The Labute approximate surface area is 294 Å². The van der Waals surface area contributed by atoms with Gasteiger partial charge in [0, 0.05) is 21.5 Å². The zero-order chi connectivity index (χ0) is 34.4. The molecule has 0 N–H and O–H groups in total. The first-order valence-electron chi connectivity index (χ1n) is 17.0. The van der Waals surface area contributed by atoms with Crippen molar-refractivity contribution in [2.75, 3.05) is 0 Å². The van der Waals surface area contributed by atoms with Gasteiger partial charge in [0.2, 0.25) is 0 Å². The van der Waals surface area contributed by atoms with Gasteiger partial charge < -0.3 is 16.8 Å². The molecule has 0 bridgehead atoms. The molecule has 0 aliphatic carbocycles. The third-order valence-electron chi connectivity index (χ3n) is 10.0. The first-order valence-corrected chi connectivity index (χ1v) is 19.2. The topological polar surface area (TPSA) is 61.8 Å². The van der Waals surface area contributed by atoms with Gasteiger partial charge in [-0.3, -0.25) is 0 Å². The molecule has 8 aromatic carbocycles. The van der Waals surface area contributed by atoms with Crippen LogP contribution in [0.5, 0.6) is 0 Å². The van der Waals surface area contributed by atoms with Gasteiger partial charge in [-0.05, 0) is 117 Å². The van der Waals surface area contributed by atoms with Crippen molar-refractivity contribution in [3.8, 4) is 0 Å². The highest BCUT2D eigenvalue weighted by molar-refractivity contribution is 7.46. The monoisotopic (exact) mass is 702 g/mol. The Morgan fingerprint density at radius 3 is 0.843 bits per heavy atom. The Kier molecular flexibility index (Phi) is 6.88. The molecule has 0 spiro atoms. The van der Waals surface area contributed by atoms with Gasteiger partial charge in [-0.25, -0.2) is 0 Å². The average Bonchev–Trinajstić information content (AvgIpc) is 3.42. The molecule has 0 aliphatic heterocycles. The van der Waals surface area contributed by atoms with Gasteiger partial charge in [-0.1, -0.05) is 97.1 Å². The van der Waals surface area contributed by atoms with Gasteiger partial charge in [-0.2, -0.15) is 4.31 Å². The summed E-state index contributed by atoms with van der Waals surface area (Å²) >= 11 is 0. The molecule has 51 heavy (non-hydrogen) atoms. The summed E-state index contributed by atoms with van der Waals surface area (Å²) in [6.07, 6.45) is 0. The molecule has 0 unspecified atom stereocenters. The number of benzene rings is 8. The van der Waals surface area contributed by atoms with Crippen LogP contribution < -0.4 is 4.31 Å². The van der Waals surface area contributed by atoms with Crippen molar-refractivity contribution < 1.29 is 21.1 Å². The summed E-state index contributed by atoms with van der Waals surface area (Å²) in [6.45, 7) is 8.34. The minimum Gasteiger partial charge on any atom is -0.398 e. The summed E-state index contributed by atoms with van der Waals surface area (Å²) in [5.41, 5.74) is 6.95. The molecule has 0 saturated carbocycles. The molecule has 7 heteroatoms. The van der Waals surface area contributed by atoms with E-state index in [0.717, 1.165) is 109 Å². The summed E-state index contributed by atoms with van der Waals surface area (Å²) < 4.78 is 34.3. The van der Waals surface area contributed by atoms with E-state index in [4.69, 9.17) is 21.1 Å². The highest BCUT2D eigenvalue weighted by atomic mass is 31.2. The Bertz CT molecular complexity index is 2750. The summed E-state index contributed by atoms with van der Waals surface area (Å²) in [4.78, 5) is 0. The van der Waals surface area contributed by atoms with Crippen molar-refractivity contribution in [3.05, 3.63) is 144 Å². The Morgan fingerprint density at radius 1 is 0.353 bits per heavy atom. The number of fused-ring (bicyclic) bond motifs is 14. The van der Waals surface area contributed by atoms with E-state index in [2.05, 4.69) is 149 Å². The van der Waals surface area contributed by atoms with Gasteiger partial charge in [0.05, 0.1) is 0 Å². The van der Waals surface area contributed by atoms with Crippen molar-refractivity contribution in [1.29, 1.82) is 0 Å². The van der Waals surface area contributed by atoms with Gasteiger partial charge in [0.15, 0.2) is 0 Å². The van der Waals surface area contributed by atoms with Crippen LogP contribution >= 0.6 is 16.5 Å². The number of hydrogen-bond donors (Lipinski definition) is 0. The van der Waals surface area contributed by atoms with Gasteiger partial charge in [0.1, 0.15) is 22.3 Å². The summed E-state index contributed by atoms with van der Waals surface area (Å²) in [6, 6.07) is 42.5. The molecule has 0 radical (unpaired) electrons. The van der Waals surface area contributed by atoms with Crippen LogP contribution in [0.4, 0.5) is 0 Å². The zero-order valence-corrected chi connectivity index (χ0v) is 30.3. The SMILES string of the molecule is Cc1cc2ccccc2c2c1op(Op1oc3c(C)cc4ccccc4c3c3c(o1)c(C)cc1ccccc13)oc1c(C)cc3ccccc3c12. The molecule has 0 atom stereocenters. The maximum atomic E-state index is 6.88. The third kappa shape index (κ3) is 4.74. The van der Waals surface area contributed by atoms with Crippen LogP contribution in [0.3, 0.4) is 0 Å².